The van der Waals surface area contributed by atoms with Gasteiger partial charge in [-0.25, -0.2) is 4.79 Å². The second-order valence-electron chi connectivity index (χ2n) is 11.7. The van der Waals surface area contributed by atoms with E-state index in [9.17, 15) is 9.90 Å². The highest BCUT2D eigenvalue weighted by molar-refractivity contribution is 6.36. The van der Waals surface area contributed by atoms with E-state index >= 15 is 0 Å². The number of hydrogen-bond acceptors (Lipinski definition) is 6. The Balaban J connectivity index is 1.13. The summed E-state index contributed by atoms with van der Waals surface area (Å²) in [6.45, 7) is 6.27. The Kier molecular flexibility index (Phi) is 6.43. The van der Waals surface area contributed by atoms with Gasteiger partial charge in [-0.3, -0.25) is 4.90 Å². The van der Waals surface area contributed by atoms with Crippen LogP contribution in [0.15, 0.2) is 54.7 Å². The van der Waals surface area contributed by atoms with Gasteiger partial charge in [-0.05, 0) is 12.1 Å². The molecule has 3 N–H and O–H groups in total. The molecule has 3 aromatic carbocycles. The molecule has 0 saturated carbocycles. The van der Waals surface area contributed by atoms with E-state index in [1.807, 2.05) is 12.3 Å². The molecular weight excluding hydrogens is 546 g/mol. The molecule has 0 aliphatic carbocycles. The molecule has 10 nitrogen and oxygen atoms in total. The fourth-order valence-electron chi connectivity index (χ4n) is 7.34. The van der Waals surface area contributed by atoms with E-state index in [2.05, 4.69) is 61.5 Å². The van der Waals surface area contributed by atoms with Crippen LogP contribution in [0.1, 0.15) is 0 Å². The van der Waals surface area contributed by atoms with Gasteiger partial charge in [0, 0.05) is 95.9 Å². The first-order valence-corrected chi connectivity index (χ1v) is 15.1. The van der Waals surface area contributed by atoms with Gasteiger partial charge in [0.1, 0.15) is 0 Å². The molecule has 2 aliphatic rings. The molecule has 0 radical (unpaired) electrons. The number of amides is 1. The summed E-state index contributed by atoms with van der Waals surface area (Å²) in [7, 11) is 0. The smallest absolute Gasteiger partial charge is 0.409 e. The standard InChI is InChI=1S/C33H35N5O5/c39-14-16-42-15-13-35-9-11-36(12-10-35)33(41)43-20-21-18-37-25-7-3-1-5-22(25)27-24-17-34-32(40)29(24)28-23-6-2-4-8-26(23)38(19-21)31(28)30(27)37/h1-8,17,21,34,39-40H,9-16,18-20H2. The molecule has 1 amide bonds. The summed E-state index contributed by atoms with van der Waals surface area (Å²) in [6, 6.07) is 16.8. The summed E-state index contributed by atoms with van der Waals surface area (Å²) in [5.74, 6) is 0.234. The number of ether oxygens (including phenoxy) is 2. The number of carbonyl (C=O) groups is 1. The Hall–Kier alpha value is -4.25. The number of aliphatic hydroxyl groups is 1. The number of hydrogen-bond donors (Lipinski definition) is 3. The van der Waals surface area contributed by atoms with Crippen molar-refractivity contribution in [3.05, 3.63) is 54.7 Å². The number of para-hydroxylation sites is 2. The molecule has 10 heteroatoms. The zero-order valence-corrected chi connectivity index (χ0v) is 24.0. The molecular formula is C33H35N5O5. The molecule has 6 aromatic rings. The number of aromatic amines is 1. The average Bonchev–Trinajstić information content (AvgIpc) is 3.64. The third-order valence-electron chi connectivity index (χ3n) is 9.29. The Morgan fingerprint density at radius 2 is 1.49 bits per heavy atom. The van der Waals surface area contributed by atoms with Gasteiger partial charge in [-0.1, -0.05) is 36.4 Å². The number of benzene rings is 3. The number of carbonyl (C=O) groups excluding carboxylic acids is 1. The number of aromatic nitrogens is 3. The molecule has 8 rings (SSSR count). The monoisotopic (exact) mass is 581 g/mol. The third-order valence-corrected chi connectivity index (χ3v) is 9.29. The van der Waals surface area contributed by atoms with E-state index in [-0.39, 0.29) is 24.5 Å². The lowest BCUT2D eigenvalue weighted by molar-refractivity contribution is 0.0445. The summed E-state index contributed by atoms with van der Waals surface area (Å²) in [5, 5.41) is 26.2. The van der Waals surface area contributed by atoms with Crippen molar-refractivity contribution in [2.24, 2.45) is 5.92 Å². The second-order valence-corrected chi connectivity index (χ2v) is 11.7. The van der Waals surface area contributed by atoms with Crippen LogP contribution in [0.25, 0.3) is 54.4 Å². The fourth-order valence-corrected chi connectivity index (χ4v) is 7.34. The molecule has 1 saturated heterocycles. The van der Waals surface area contributed by atoms with Crippen LogP contribution in [0.2, 0.25) is 0 Å². The number of H-pyrrole nitrogens is 1. The number of rotatable bonds is 7. The average molecular weight is 582 g/mol. The van der Waals surface area contributed by atoms with E-state index in [1.165, 1.54) is 0 Å². The van der Waals surface area contributed by atoms with Gasteiger partial charge < -0.3 is 38.7 Å². The van der Waals surface area contributed by atoms with Crippen LogP contribution >= 0.6 is 0 Å². The van der Waals surface area contributed by atoms with Crippen molar-refractivity contribution in [3.8, 4) is 5.88 Å². The lowest BCUT2D eigenvalue weighted by Crippen LogP contribution is -2.49. The third kappa shape index (κ3) is 4.16. The summed E-state index contributed by atoms with van der Waals surface area (Å²) in [5.41, 5.74) is 4.52. The minimum absolute atomic E-state index is 0.0317. The van der Waals surface area contributed by atoms with Gasteiger partial charge >= 0.3 is 6.09 Å². The molecule has 2 aliphatic heterocycles. The topological polar surface area (TPSA) is 108 Å². The number of nitrogens with zero attached hydrogens (tertiary/aromatic N) is 4. The SMILES string of the molecule is O=C(OCC1Cn2c3ccccc3c3c4c[nH]c(O)c4c4c5ccccc5n(c4c32)C1)N1CCN(CCOCCO)CC1. The van der Waals surface area contributed by atoms with Crippen LogP contribution in [-0.2, 0) is 22.6 Å². The quantitative estimate of drug-likeness (QED) is 0.240. The van der Waals surface area contributed by atoms with Crippen LogP contribution in [-0.4, -0.2) is 99.4 Å². The van der Waals surface area contributed by atoms with Gasteiger partial charge in [0.15, 0.2) is 5.88 Å². The molecule has 5 heterocycles. The number of piperazine rings is 1. The zero-order chi connectivity index (χ0) is 29.1. The predicted molar refractivity (Wildman–Crippen MR) is 167 cm³/mol. The summed E-state index contributed by atoms with van der Waals surface area (Å²) in [6.07, 6.45) is 1.66. The molecule has 0 bridgehead atoms. The van der Waals surface area contributed by atoms with E-state index < -0.39 is 0 Å². The Bertz CT molecular complexity index is 2000. The van der Waals surface area contributed by atoms with Crippen molar-refractivity contribution < 1.29 is 24.5 Å². The van der Waals surface area contributed by atoms with Crippen molar-refractivity contribution in [2.45, 2.75) is 13.1 Å². The number of aliphatic hydroxyl groups excluding tert-OH is 1. The van der Waals surface area contributed by atoms with Gasteiger partial charge in [0.2, 0.25) is 0 Å². The maximum Gasteiger partial charge on any atom is 0.409 e. The molecule has 1 unspecified atom stereocenters. The maximum absolute atomic E-state index is 13.2. The summed E-state index contributed by atoms with van der Waals surface area (Å²) >= 11 is 0. The zero-order valence-electron chi connectivity index (χ0n) is 24.0. The first-order valence-electron chi connectivity index (χ1n) is 15.1. The minimum Gasteiger partial charge on any atom is -0.494 e. The van der Waals surface area contributed by atoms with Crippen LogP contribution < -0.4 is 0 Å². The Labute approximate surface area is 247 Å². The predicted octanol–water partition coefficient (Wildman–Crippen LogP) is 4.48. The molecule has 1 fully saturated rings. The Morgan fingerprint density at radius 1 is 0.837 bits per heavy atom. The highest BCUT2D eigenvalue weighted by Gasteiger charge is 2.30. The van der Waals surface area contributed by atoms with E-state index in [0.717, 1.165) is 74.0 Å². The maximum atomic E-state index is 13.2. The number of nitrogens with one attached hydrogen (secondary N) is 1. The van der Waals surface area contributed by atoms with Crippen molar-refractivity contribution in [3.63, 3.8) is 0 Å². The van der Waals surface area contributed by atoms with E-state index in [4.69, 9.17) is 14.6 Å². The highest BCUT2D eigenvalue weighted by atomic mass is 16.6. The number of aromatic hydroxyl groups is 1. The fraction of sp³-hybridized carbons (Fsp3) is 0.364. The summed E-state index contributed by atoms with van der Waals surface area (Å²) < 4.78 is 16.2. The van der Waals surface area contributed by atoms with Crippen LogP contribution in [0.4, 0.5) is 4.79 Å². The highest BCUT2D eigenvalue weighted by Crippen LogP contribution is 2.48. The van der Waals surface area contributed by atoms with Crippen molar-refractivity contribution in [1.29, 1.82) is 0 Å². The molecule has 43 heavy (non-hydrogen) atoms. The van der Waals surface area contributed by atoms with E-state index in [0.29, 0.717) is 46.0 Å². The number of fused-ring (bicyclic) bond motifs is 9. The molecule has 222 valence electrons. The van der Waals surface area contributed by atoms with Gasteiger partial charge in [0.05, 0.1) is 42.8 Å². The van der Waals surface area contributed by atoms with Crippen LogP contribution in [0.3, 0.4) is 0 Å². The normalized spacial score (nSPS) is 17.7. The minimum atomic E-state index is -0.262. The lowest BCUT2D eigenvalue weighted by atomic mass is 10.0. The largest absolute Gasteiger partial charge is 0.494 e. The van der Waals surface area contributed by atoms with Crippen molar-refractivity contribution in [2.75, 3.05) is 59.2 Å². The lowest BCUT2D eigenvalue weighted by Gasteiger charge is -2.34. The van der Waals surface area contributed by atoms with E-state index in [1.54, 1.807) is 4.90 Å². The van der Waals surface area contributed by atoms with Crippen molar-refractivity contribution >= 4 is 60.5 Å². The first kappa shape index (κ1) is 26.4. The summed E-state index contributed by atoms with van der Waals surface area (Å²) in [4.78, 5) is 20.4. The van der Waals surface area contributed by atoms with Crippen LogP contribution in [0.5, 0.6) is 5.88 Å². The molecule has 3 aromatic heterocycles. The second kappa shape index (κ2) is 10.5. The van der Waals surface area contributed by atoms with Gasteiger partial charge in [-0.15, -0.1) is 0 Å². The van der Waals surface area contributed by atoms with Crippen molar-refractivity contribution in [1.82, 2.24) is 23.9 Å². The first-order chi connectivity index (χ1) is 21.1. The van der Waals surface area contributed by atoms with Gasteiger partial charge in [-0.2, -0.15) is 0 Å². The molecule has 0 spiro atoms. The van der Waals surface area contributed by atoms with Crippen LogP contribution in [0, 0.1) is 5.92 Å². The van der Waals surface area contributed by atoms with Gasteiger partial charge in [0.25, 0.3) is 0 Å². The molecule has 1 atom stereocenters. The Morgan fingerprint density at radius 3 is 2.19 bits per heavy atom.